The highest BCUT2D eigenvalue weighted by Gasteiger charge is 2.30. The van der Waals surface area contributed by atoms with Crippen molar-refractivity contribution in [2.45, 2.75) is 91.2 Å². The topological polar surface area (TPSA) is 187 Å². The van der Waals surface area contributed by atoms with E-state index < -0.39 is 17.7 Å². The number of fused-ring (bicyclic) bond motifs is 2. The zero-order valence-electron chi connectivity index (χ0n) is 30.6. The van der Waals surface area contributed by atoms with Crippen molar-refractivity contribution in [2.75, 3.05) is 11.9 Å². The lowest BCUT2D eigenvalue weighted by atomic mass is 9.81. The summed E-state index contributed by atoms with van der Waals surface area (Å²) in [6.07, 6.45) is 2.68. The third-order valence-corrected chi connectivity index (χ3v) is 9.46. The van der Waals surface area contributed by atoms with E-state index in [-0.39, 0.29) is 41.7 Å². The Hall–Kier alpha value is -5.46. The first-order valence-electron chi connectivity index (χ1n) is 18.0. The van der Waals surface area contributed by atoms with E-state index in [0.29, 0.717) is 36.1 Å². The fraction of sp³-hybridized carbons (Fsp3) is 0.436. The van der Waals surface area contributed by atoms with Crippen molar-refractivity contribution in [3.05, 3.63) is 76.0 Å². The third kappa shape index (κ3) is 8.87. The van der Waals surface area contributed by atoms with Gasteiger partial charge in [0, 0.05) is 36.1 Å². The highest BCUT2D eigenvalue weighted by molar-refractivity contribution is 5.98. The van der Waals surface area contributed by atoms with Crippen LogP contribution in [-0.2, 0) is 20.7 Å². The fourth-order valence-corrected chi connectivity index (χ4v) is 6.66. The van der Waals surface area contributed by atoms with Gasteiger partial charge in [-0.3, -0.25) is 9.59 Å². The molecule has 0 spiro atoms. The predicted molar refractivity (Wildman–Crippen MR) is 201 cm³/mol. The van der Waals surface area contributed by atoms with E-state index in [1.165, 1.54) is 0 Å². The summed E-state index contributed by atoms with van der Waals surface area (Å²) >= 11 is 0. The van der Waals surface area contributed by atoms with Crippen molar-refractivity contribution < 1.29 is 19.1 Å². The lowest BCUT2D eigenvalue weighted by molar-refractivity contribution is -0.130. The molecule has 0 saturated heterocycles. The Kier molecular flexibility index (Phi) is 10.5. The highest BCUT2D eigenvalue weighted by atomic mass is 16.6. The Balaban J connectivity index is 1.15. The van der Waals surface area contributed by atoms with Crippen LogP contribution in [0.3, 0.4) is 0 Å². The van der Waals surface area contributed by atoms with E-state index in [9.17, 15) is 19.2 Å². The number of aryl methyl sites for hydroxylation is 1. The number of ether oxygens (including phenoxy) is 1. The third-order valence-electron chi connectivity index (χ3n) is 9.46. The lowest BCUT2D eigenvalue weighted by Crippen LogP contribution is -2.48. The van der Waals surface area contributed by atoms with Gasteiger partial charge in [0.15, 0.2) is 5.65 Å². The predicted octanol–water partition coefficient (Wildman–Crippen LogP) is 6.22. The molecule has 52 heavy (non-hydrogen) atoms. The van der Waals surface area contributed by atoms with Gasteiger partial charge >= 0.3 is 11.8 Å². The molecule has 3 heterocycles. The molecule has 0 bridgehead atoms. The number of carbonyl (C=O) groups is 3. The Morgan fingerprint density at radius 1 is 0.923 bits per heavy atom. The molecular weight excluding hydrogens is 660 g/mol. The van der Waals surface area contributed by atoms with Crippen LogP contribution >= 0.6 is 0 Å². The van der Waals surface area contributed by atoms with Gasteiger partial charge in [-0.1, -0.05) is 38.1 Å². The maximum Gasteiger partial charge on any atom is 0.407 e. The molecule has 5 aromatic rings. The van der Waals surface area contributed by atoms with Crippen LogP contribution in [0.2, 0.25) is 0 Å². The van der Waals surface area contributed by atoms with Crippen LogP contribution in [0.15, 0.2) is 53.3 Å². The number of imidazole rings is 2. The number of anilines is 1. The average molecular weight is 709 g/mol. The van der Waals surface area contributed by atoms with Crippen LogP contribution in [0.4, 0.5) is 10.5 Å². The molecule has 0 radical (unpaired) electrons. The molecule has 13 heteroatoms. The number of amides is 3. The maximum absolute atomic E-state index is 13.8. The molecule has 1 aliphatic rings. The summed E-state index contributed by atoms with van der Waals surface area (Å²) in [6, 6.07) is 14.2. The molecule has 6 N–H and O–H groups in total. The number of aromatic nitrogens is 5. The molecule has 0 aliphatic heterocycles. The summed E-state index contributed by atoms with van der Waals surface area (Å²) in [5.74, 6) is 0.604. The van der Waals surface area contributed by atoms with Gasteiger partial charge in [0.25, 0.3) is 0 Å². The van der Waals surface area contributed by atoms with Crippen LogP contribution in [0, 0.1) is 18.8 Å². The van der Waals surface area contributed by atoms with Crippen molar-refractivity contribution in [2.24, 2.45) is 11.8 Å². The first-order valence-corrected chi connectivity index (χ1v) is 18.0. The van der Waals surface area contributed by atoms with Crippen molar-refractivity contribution in [1.29, 1.82) is 0 Å². The Labute approximate surface area is 302 Å². The zero-order valence-corrected chi connectivity index (χ0v) is 30.6. The molecule has 1 fully saturated rings. The van der Waals surface area contributed by atoms with E-state index in [2.05, 4.69) is 49.7 Å². The minimum Gasteiger partial charge on any atom is -0.444 e. The van der Waals surface area contributed by atoms with E-state index in [0.717, 1.165) is 52.2 Å². The number of nitrogens with one attached hydrogen (secondary N) is 6. The van der Waals surface area contributed by atoms with Crippen molar-refractivity contribution in [3.8, 4) is 11.3 Å². The van der Waals surface area contributed by atoms with Crippen LogP contribution in [0.1, 0.15) is 83.2 Å². The number of carbonyl (C=O) groups excluding carboxylic acids is 3. The normalized spacial score (nSPS) is 16.9. The number of benzene rings is 2. The van der Waals surface area contributed by atoms with Gasteiger partial charge < -0.3 is 35.6 Å². The molecule has 1 saturated carbocycles. The van der Waals surface area contributed by atoms with Crippen molar-refractivity contribution >= 4 is 45.8 Å². The van der Waals surface area contributed by atoms with E-state index in [1.54, 1.807) is 18.2 Å². The van der Waals surface area contributed by atoms with Gasteiger partial charge in [-0.25, -0.2) is 19.6 Å². The van der Waals surface area contributed by atoms with Gasteiger partial charge in [-0.15, -0.1) is 0 Å². The summed E-state index contributed by atoms with van der Waals surface area (Å²) < 4.78 is 5.35. The Bertz CT molecular complexity index is 2130. The summed E-state index contributed by atoms with van der Waals surface area (Å²) in [5, 5.41) is 8.83. The first kappa shape index (κ1) is 36.3. The zero-order chi connectivity index (χ0) is 37.2. The summed E-state index contributed by atoms with van der Waals surface area (Å²) in [5.41, 5.74) is 6.00. The second-order valence-electron chi connectivity index (χ2n) is 15.2. The number of hydrogen-bond acceptors (Lipinski definition) is 7. The fourth-order valence-electron chi connectivity index (χ4n) is 6.66. The summed E-state index contributed by atoms with van der Waals surface area (Å²) in [4.78, 5) is 69.6. The Morgan fingerprint density at radius 3 is 2.33 bits per heavy atom. The summed E-state index contributed by atoms with van der Waals surface area (Å²) in [7, 11) is 0. The average Bonchev–Trinajstić information content (AvgIpc) is 3.68. The summed E-state index contributed by atoms with van der Waals surface area (Å²) in [6.45, 7) is 12.1. The van der Waals surface area contributed by atoms with E-state index in [1.807, 2.05) is 58.0 Å². The second-order valence-corrected chi connectivity index (χ2v) is 15.2. The van der Waals surface area contributed by atoms with Crippen molar-refractivity contribution in [3.63, 3.8) is 0 Å². The number of pyridine rings is 1. The largest absolute Gasteiger partial charge is 0.444 e. The van der Waals surface area contributed by atoms with Gasteiger partial charge in [0.2, 0.25) is 11.8 Å². The van der Waals surface area contributed by atoms with Gasteiger partial charge in [-0.05, 0) is 94.7 Å². The van der Waals surface area contributed by atoms with Crippen LogP contribution < -0.4 is 21.6 Å². The van der Waals surface area contributed by atoms with Crippen LogP contribution in [0.5, 0.6) is 0 Å². The van der Waals surface area contributed by atoms with Crippen LogP contribution in [0.25, 0.3) is 33.5 Å². The lowest BCUT2D eigenvalue weighted by Gasteiger charge is -2.29. The number of alkyl carbamates (subject to hydrolysis) is 1. The Morgan fingerprint density at radius 2 is 1.63 bits per heavy atom. The first-order chi connectivity index (χ1) is 24.7. The standard InChI is InChI=1S/C39H48N8O5/c1-21(2)33-42-30-17-22(3)32(46-34(30)47-33)25-11-7-23(8-12-25)18-31(36(49)41-27-15-16-28-29(19-27)45-37(50)44-28)43-35(48)26-13-9-24(10-14-26)20-40-38(51)52-39(4,5)6/h7-8,11-12,15-17,19,21,24,26,31H,9-10,13-14,18,20H2,1-6H3,(H,40,51)(H,41,49)(H,43,48)(H,42,46,47)(H2,44,45,50)/t24-,26-,31-/m0/s1. The highest BCUT2D eigenvalue weighted by Crippen LogP contribution is 2.30. The smallest absolute Gasteiger partial charge is 0.407 e. The molecule has 1 atom stereocenters. The molecule has 274 valence electrons. The second kappa shape index (κ2) is 15.0. The molecule has 0 unspecified atom stereocenters. The van der Waals surface area contributed by atoms with E-state index >= 15 is 0 Å². The molecule has 13 nitrogen and oxygen atoms in total. The quantitative estimate of drug-likeness (QED) is 0.0993. The molecule has 6 rings (SSSR count). The van der Waals surface area contributed by atoms with Gasteiger partial charge in [0.05, 0.1) is 16.7 Å². The molecular formula is C39H48N8O5. The SMILES string of the molecule is Cc1cc2nc(C(C)C)[nH]c2nc1-c1ccc(C[C@H](NC(=O)[C@H]2CC[C@H](CNC(=O)OC(C)(C)C)CC2)C(=O)Nc2ccc3[nH]c(=O)[nH]c3c2)cc1. The monoisotopic (exact) mass is 708 g/mol. The number of hydrogen-bond donors (Lipinski definition) is 6. The van der Waals surface area contributed by atoms with Crippen LogP contribution in [-0.4, -0.2) is 61.0 Å². The molecule has 1 aliphatic carbocycles. The van der Waals surface area contributed by atoms with Gasteiger partial charge in [-0.2, -0.15) is 0 Å². The number of nitrogens with zero attached hydrogens (tertiary/aromatic N) is 2. The van der Waals surface area contributed by atoms with Gasteiger partial charge in [0.1, 0.15) is 23.0 Å². The number of aromatic amines is 3. The maximum atomic E-state index is 13.8. The minimum atomic E-state index is -0.860. The molecule has 3 aromatic heterocycles. The van der Waals surface area contributed by atoms with E-state index in [4.69, 9.17) is 9.72 Å². The molecule has 2 aromatic carbocycles. The number of H-pyrrole nitrogens is 3. The minimum absolute atomic E-state index is 0.172. The number of rotatable bonds is 10. The van der Waals surface area contributed by atoms with Crippen molar-refractivity contribution in [1.82, 2.24) is 35.6 Å². The molecule has 3 amide bonds.